The van der Waals surface area contributed by atoms with E-state index in [-0.39, 0.29) is 0 Å². The van der Waals surface area contributed by atoms with Crippen LogP contribution in [0.4, 0.5) is 11.4 Å². The van der Waals surface area contributed by atoms with Crippen LogP contribution in [-0.4, -0.2) is 0 Å². The van der Waals surface area contributed by atoms with E-state index in [4.69, 9.17) is 4.99 Å². The normalized spacial score (nSPS) is 15.0. The molecule has 0 spiro atoms. The first-order valence-corrected chi connectivity index (χ1v) is 10.8. The SMILES string of the molecule is Cc1ccc(N=c2cc(/C=C3/Nc4ccccc4S3)sc3ccccc23)cc1. The van der Waals surface area contributed by atoms with Crippen LogP contribution < -0.4 is 10.7 Å². The van der Waals surface area contributed by atoms with Gasteiger partial charge >= 0.3 is 0 Å². The molecular formula is C24H18N2S2. The van der Waals surface area contributed by atoms with Crippen molar-refractivity contribution in [2.24, 2.45) is 4.99 Å². The molecule has 3 aromatic carbocycles. The highest BCUT2D eigenvalue weighted by atomic mass is 32.2. The Balaban J connectivity index is 1.61. The summed E-state index contributed by atoms with van der Waals surface area (Å²) >= 11 is 3.56. The van der Waals surface area contributed by atoms with Crippen molar-refractivity contribution in [1.29, 1.82) is 0 Å². The van der Waals surface area contributed by atoms with E-state index < -0.39 is 0 Å². The second kappa shape index (κ2) is 7.30. The lowest BCUT2D eigenvalue weighted by Crippen LogP contribution is -2.02. The number of rotatable bonds is 2. The van der Waals surface area contributed by atoms with Gasteiger partial charge < -0.3 is 5.32 Å². The summed E-state index contributed by atoms with van der Waals surface area (Å²) in [6.45, 7) is 2.10. The maximum atomic E-state index is 4.94. The van der Waals surface area contributed by atoms with Crippen molar-refractivity contribution in [1.82, 2.24) is 0 Å². The van der Waals surface area contributed by atoms with E-state index in [2.05, 4.69) is 97.2 Å². The van der Waals surface area contributed by atoms with Gasteiger partial charge in [0, 0.05) is 19.9 Å². The zero-order chi connectivity index (χ0) is 18.9. The van der Waals surface area contributed by atoms with Crippen molar-refractivity contribution in [2.45, 2.75) is 11.8 Å². The van der Waals surface area contributed by atoms with Crippen LogP contribution in [0.3, 0.4) is 0 Å². The predicted molar refractivity (Wildman–Crippen MR) is 122 cm³/mol. The molecule has 2 heterocycles. The fraction of sp³-hybridized carbons (Fsp3) is 0.0417. The van der Waals surface area contributed by atoms with Crippen LogP contribution in [0.25, 0.3) is 16.2 Å². The Kier molecular flexibility index (Phi) is 4.51. The van der Waals surface area contributed by atoms with E-state index in [1.165, 1.54) is 31.1 Å². The minimum absolute atomic E-state index is 0.978. The monoisotopic (exact) mass is 398 g/mol. The third-order valence-electron chi connectivity index (χ3n) is 4.59. The van der Waals surface area contributed by atoms with Crippen molar-refractivity contribution in [3.63, 3.8) is 0 Å². The zero-order valence-corrected chi connectivity index (χ0v) is 17.0. The number of thioether (sulfide) groups is 1. The first kappa shape index (κ1) is 17.3. The van der Waals surface area contributed by atoms with Gasteiger partial charge in [-0.3, -0.25) is 0 Å². The topological polar surface area (TPSA) is 24.4 Å². The van der Waals surface area contributed by atoms with Crippen molar-refractivity contribution >= 4 is 50.6 Å². The lowest BCUT2D eigenvalue weighted by molar-refractivity contribution is 1.36. The molecule has 0 atom stereocenters. The molecule has 136 valence electrons. The molecule has 4 heteroatoms. The number of hydrogen-bond acceptors (Lipinski definition) is 4. The number of hydrogen-bond donors (Lipinski definition) is 1. The molecule has 0 saturated carbocycles. The Labute approximate surface area is 172 Å². The van der Waals surface area contributed by atoms with Gasteiger partial charge in [0.15, 0.2) is 0 Å². The fourth-order valence-corrected chi connectivity index (χ4v) is 5.25. The number of para-hydroxylation sites is 1. The maximum absolute atomic E-state index is 4.94. The van der Waals surface area contributed by atoms with Gasteiger partial charge in [-0.25, -0.2) is 4.99 Å². The van der Waals surface area contributed by atoms with Crippen molar-refractivity contribution in [2.75, 3.05) is 5.32 Å². The van der Waals surface area contributed by atoms with E-state index in [9.17, 15) is 0 Å². The minimum atomic E-state index is 0.978. The highest BCUT2D eigenvalue weighted by Gasteiger charge is 2.14. The summed E-state index contributed by atoms with van der Waals surface area (Å²) in [7, 11) is 0. The standard InChI is InChI=1S/C24H18N2S2/c1-16-10-12-17(13-11-16)25-21-14-18(27-22-8-4-2-6-19(21)22)15-24-26-20-7-3-5-9-23(20)28-24/h2-15,26H,1H3/b24-15-,25-21?. The second-order valence-corrected chi connectivity index (χ2v) is 8.91. The summed E-state index contributed by atoms with van der Waals surface area (Å²) in [6.07, 6.45) is 2.22. The molecule has 1 N–H and O–H groups in total. The average Bonchev–Trinajstić information content (AvgIpc) is 3.12. The molecule has 1 aliphatic heterocycles. The summed E-state index contributed by atoms with van der Waals surface area (Å²) in [5, 5.41) is 6.84. The number of benzene rings is 3. The molecule has 0 aliphatic carbocycles. The van der Waals surface area contributed by atoms with Gasteiger partial charge in [0.1, 0.15) is 0 Å². The predicted octanol–water partition coefficient (Wildman–Crippen LogP) is 6.96. The van der Waals surface area contributed by atoms with Gasteiger partial charge in [-0.15, -0.1) is 11.3 Å². The zero-order valence-electron chi connectivity index (χ0n) is 15.3. The van der Waals surface area contributed by atoms with E-state index in [1.807, 2.05) is 0 Å². The molecule has 28 heavy (non-hydrogen) atoms. The Morgan fingerprint density at radius 1 is 0.893 bits per heavy atom. The fourth-order valence-electron chi connectivity index (χ4n) is 3.19. The van der Waals surface area contributed by atoms with Gasteiger partial charge in [0.25, 0.3) is 0 Å². The molecule has 0 unspecified atom stereocenters. The van der Waals surface area contributed by atoms with Gasteiger partial charge in [-0.2, -0.15) is 0 Å². The van der Waals surface area contributed by atoms with Crippen LogP contribution >= 0.6 is 23.1 Å². The van der Waals surface area contributed by atoms with Crippen molar-refractivity contribution < 1.29 is 0 Å². The average molecular weight is 399 g/mol. The molecule has 1 aliphatic rings. The summed E-state index contributed by atoms with van der Waals surface area (Å²) in [4.78, 5) is 7.39. The summed E-state index contributed by atoms with van der Waals surface area (Å²) in [5.74, 6) is 0. The van der Waals surface area contributed by atoms with Crippen LogP contribution in [0, 0.1) is 6.92 Å². The van der Waals surface area contributed by atoms with Crippen LogP contribution in [-0.2, 0) is 0 Å². The largest absolute Gasteiger partial charge is 0.349 e. The number of nitrogens with one attached hydrogen (secondary N) is 1. The number of nitrogens with zero attached hydrogens (tertiary/aromatic N) is 1. The van der Waals surface area contributed by atoms with Gasteiger partial charge in [-0.1, -0.05) is 59.8 Å². The third kappa shape index (κ3) is 3.49. The van der Waals surface area contributed by atoms with E-state index in [0.29, 0.717) is 0 Å². The van der Waals surface area contributed by atoms with Crippen LogP contribution in [0.5, 0.6) is 0 Å². The second-order valence-electron chi connectivity index (χ2n) is 6.71. The highest BCUT2D eigenvalue weighted by molar-refractivity contribution is 8.03. The summed E-state index contributed by atoms with van der Waals surface area (Å²) in [6, 6.07) is 27.4. The molecule has 5 rings (SSSR count). The quantitative estimate of drug-likeness (QED) is 0.395. The molecule has 2 nitrogen and oxygen atoms in total. The smallest absolute Gasteiger partial charge is 0.0789 e. The molecule has 0 fully saturated rings. The molecular weight excluding hydrogens is 380 g/mol. The molecule has 0 saturated heterocycles. The van der Waals surface area contributed by atoms with E-state index in [1.54, 1.807) is 23.1 Å². The first-order valence-electron chi connectivity index (χ1n) is 9.14. The van der Waals surface area contributed by atoms with Crippen molar-refractivity contribution in [3.05, 3.63) is 99.7 Å². The minimum Gasteiger partial charge on any atom is -0.349 e. The maximum Gasteiger partial charge on any atom is 0.0789 e. The lowest BCUT2D eigenvalue weighted by atomic mass is 10.2. The number of fused-ring (bicyclic) bond motifs is 2. The Hall–Kier alpha value is -2.82. The Bertz CT molecular complexity index is 1240. The molecule has 1 aromatic heterocycles. The van der Waals surface area contributed by atoms with Gasteiger partial charge in [0.05, 0.1) is 21.8 Å². The number of aryl methyl sites for hydroxylation is 1. The molecule has 0 bridgehead atoms. The Morgan fingerprint density at radius 3 is 2.54 bits per heavy atom. The molecule has 4 aromatic rings. The summed E-state index contributed by atoms with van der Waals surface area (Å²) in [5.41, 5.74) is 3.40. The molecule has 0 amide bonds. The van der Waals surface area contributed by atoms with Crippen LogP contribution in [0.2, 0.25) is 0 Å². The van der Waals surface area contributed by atoms with Crippen molar-refractivity contribution in [3.8, 4) is 0 Å². The molecule has 0 radical (unpaired) electrons. The lowest BCUT2D eigenvalue weighted by Gasteiger charge is -2.03. The summed E-state index contributed by atoms with van der Waals surface area (Å²) < 4.78 is 1.24. The van der Waals surface area contributed by atoms with E-state index in [0.717, 1.165) is 16.1 Å². The van der Waals surface area contributed by atoms with Crippen LogP contribution in [0.15, 0.2) is 93.8 Å². The third-order valence-corrected chi connectivity index (χ3v) is 6.65. The van der Waals surface area contributed by atoms with Gasteiger partial charge in [-0.05, 0) is 49.4 Å². The van der Waals surface area contributed by atoms with Gasteiger partial charge in [0.2, 0.25) is 0 Å². The van der Waals surface area contributed by atoms with E-state index >= 15 is 0 Å². The first-order chi connectivity index (χ1) is 13.7. The number of anilines is 1. The highest BCUT2D eigenvalue weighted by Crippen LogP contribution is 2.41. The Morgan fingerprint density at radius 2 is 1.68 bits per heavy atom. The van der Waals surface area contributed by atoms with Crippen LogP contribution in [0.1, 0.15) is 10.4 Å².